The zero-order chi connectivity index (χ0) is 20.9. The molecule has 0 aliphatic carbocycles. The number of carbonyl (C=O) groups excluding carboxylic acids is 1. The number of para-hydroxylation sites is 1. The summed E-state index contributed by atoms with van der Waals surface area (Å²) >= 11 is 0. The van der Waals surface area contributed by atoms with Crippen molar-refractivity contribution in [2.45, 2.75) is 6.54 Å². The first-order valence-electron chi connectivity index (χ1n) is 9.44. The van der Waals surface area contributed by atoms with E-state index >= 15 is 0 Å². The van der Waals surface area contributed by atoms with E-state index in [1.807, 2.05) is 30.5 Å². The average Bonchev–Trinajstić information content (AvgIpc) is 3.13. The molecule has 0 bridgehead atoms. The highest BCUT2D eigenvalue weighted by atomic mass is 19.1. The molecule has 0 saturated heterocycles. The number of benzene rings is 3. The van der Waals surface area contributed by atoms with Crippen molar-refractivity contribution >= 4 is 23.0 Å². The highest BCUT2D eigenvalue weighted by molar-refractivity contribution is 6.00. The molecule has 0 spiro atoms. The topological polar surface area (TPSA) is 55.6 Å². The molecular formula is C24H20FN3O2. The number of rotatable bonds is 6. The summed E-state index contributed by atoms with van der Waals surface area (Å²) in [6, 6.07) is 21.3. The van der Waals surface area contributed by atoms with Crippen LogP contribution in [0.2, 0.25) is 0 Å². The number of ether oxygens (including phenoxy) is 1. The summed E-state index contributed by atoms with van der Waals surface area (Å²) in [4.78, 5) is 12.3. The molecule has 4 aromatic rings. The molecule has 0 aliphatic heterocycles. The van der Waals surface area contributed by atoms with Gasteiger partial charge in [0.15, 0.2) is 0 Å². The van der Waals surface area contributed by atoms with Crippen molar-refractivity contribution in [2.75, 3.05) is 7.11 Å². The second kappa shape index (κ2) is 8.61. The molecule has 0 aliphatic rings. The molecule has 0 fully saturated rings. The lowest BCUT2D eigenvalue weighted by Gasteiger charge is -2.05. The normalized spacial score (nSPS) is 11.1. The fraction of sp³-hybridized carbons (Fsp3) is 0.0833. The zero-order valence-corrected chi connectivity index (χ0v) is 16.4. The predicted molar refractivity (Wildman–Crippen MR) is 115 cm³/mol. The minimum Gasteiger partial charge on any atom is -0.497 e. The highest BCUT2D eigenvalue weighted by Crippen LogP contribution is 2.21. The van der Waals surface area contributed by atoms with Gasteiger partial charge in [0.05, 0.1) is 13.3 Å². The van der Waals surface area contributed by atoms with Gasteiger partial charge in [-0.25, -0.2) is 9.82 Å². The van der Waals surface area contributed by atoms with Crippen molar-refractivity contribution in [3.63, 3.8) is 0 Å². The Hall–Kier alpha value is -3.93. The van der Waals surface area contributed by atoms with Gasteiger partial charge in [-0.3, -0.25) is 4.79 Å². The molecule has 0 unspecified atom stereocenters. The number of aromatic nitrogens is 1. The minimum absolute atomic E-state index is 0.254. The fourth-order valence-electron chi connectivity index (χ4n) is 3.28. The van der Waals surface area contributed by atoms with E-state index in [0.717, 1.165) is 22.0 Å². The summed E-state index contributed by atoms with van der Waals surface area (Å²) in [5.74, 6) is 0.0337. The number of hydrazone groups is 1. The number of nitrogens with zero attached hydrogens (tertiary/aromatic N) is 2. The van der Waals surface area contributed by atoms with Crippen molar-refractivity contribution in [3.8, 4) is 5.75 Å². The highest BCUT2D eigenvalue weighted by Gasteiger charge is 2.08. The Bertz CT molecular complexity index is 1210. The maximum absolute atomic E-state index is 13.2. The zero-order valence-electron chi connectivity index (χ0n) is 16.4. The van der Waals surface area contributed by atoms with Crippen LogP contribution in [0.4, 0.5) is 4.39 Å². The van der Waals surface area contributed by atoms with Gasteiger partial charge >= 0.3 is 0 Å². The Morgan fingerprint density at radius 1 is 1.10 bits per heavy atom. The molecule has 0 radical (unpaired) electrons. The minimum atomic E-state index is -0.319. The Morgan fingerprint density at radius 2 is 1.90 bits per heavy atom. The first kappa shape index (κ1) is 19.4. The van der Waals surface area contributed by atoms with E-state index in [-0.39, 0.29) is 11.7 Å². The summed E-state index contributed by atoms with van der Waals surface area (Å²) in [6.07, 6.45) is 3.59. The largest absolute Gasteiger partial charge is 0.497 e. The quantitative estimate of drug-likeness (QED) is 0.379. The summed E-state index contributed by atoms with van der Waals surface area (Å²) in [6.45, 7) is 0.602. The number of nitrogens with one attached hydrogen (secondary N) is 1. The van der Waals surface area contributed by atoms with E-state index in [1.165, 1.54) is 12.1 Å². The second-order valence-corrected chi connectivity index (χ2v) is 6.79. The third kappa shape index (κ3) is 4.22. The van der Waals surface area contributed by atoms with E-state index < -0.39 is 0 Å². The molecule has 1 amide bonds. The van der Waals surface area contributed by atoms with Gasteiger partial charge < -0.3 is 9.30 Å². The van der Waals surface area contributed by atoms with E-state index in [0.29, 0.717) is 17.9 Å². The maximum atomic E-state index is 13.2. The number of carbonyl (C=O) groups is 1. The summed E-state index contributed by atoms with van der Waals surface area (Å²) < 4.78 is 20.4. The fourth-order valence-corrected chi connectivity index (χ4v) is 3.28. The SMILES string of the molecule is COc1cccc(C(=O)NN=Cc2cn(Cc3ccc(F)cc3)c3ccccc23)c1. The smallest absolute Gasteiger partial charge is 0.271 e. The molecule has 150 valence electrons. The van der Waals surface area contributed by atoms with E-state index in [1.54, 1.807) is 49.7 Å². The van der Waals surface area contributed by atoms with Gasteiger partial charge in [0.2, 0.25) is 0 Å². The molecule has 3 aromatic carbocycles. The van der Waals surface area contributed by atoms with Gasteiger partial charge in [-0.2, -0.15) is 5.10 Å². The number of amides is 1. The van der Waals surface area contributed by atoms with Gasteiger partial charge in [0.25, 0.3) is 5.91 Å². The van der Waals surface area contributed by atoms with Crippen molar-refractivity contribution < 1.29 is 13.9 Å². The number of fused-ring (bicyclic) bond motifs is 1. The van der Waals surface area contributed by atoms with Crippen molar-refractivity contribution in [2.24, 2.45) is 5.10 Å². The first-order chi connectivity index (χ1) is 14.6. The van der Waals surface area contributed by atoms with Crippen LogP contribution in [0.5, 0.6) is 5.75 Å². The van der Waals surface area contributed by atoms with Crippen LogP contribution >= 0.6 is 0 Å². The number of hydrogen-bond acceptors (Lipinski definition) is 3. The van der Waals surface area contributed by atoms with Gasteiger partial charge in [-0.1, -0.05) is 36.4 Å². The Labute approximate surface area is 173 Å². The molecule has 1 N–H and O–H groups in total. The summed E-state index contributed by atoms with van der Waals surface area (Å²) in [7, 11) is 1.55. The number of halogens is 1. The maximum Gasteiger partial charge on any atom is 0.271 e. The van der Waals surface area contributed by atoms with Crippen molar-refractivity contribution in [3.05, 3.63) is 102 Å². The predicted octanol–water partition coefficient (Wildman–Crippen LogP) is 4.60. The third-order valence-corrected chi connectivity index (χ3v) is 4.79. The van der Waals surface area contributed by atoms with Gasteiger partial charge in [0, 0.05) is 34.8 Å². The molecule has 0 saturated carbocycles. The van der Waals surface area contributed by atoms with Gasteiger partial charge in [-0.05, 0) is 42.0 Å². The van der Waals surface area contributed by atoms with Crippen molar-refractivity contribution in [1.29, 1.82) is 0 Å². The van der Waals surface area contributed by atoms with E-state index in [2.05, 4.69) is 15.1 Å². The van der Waals surface area contributed by atoms with Crippen LogP contribution in [0.25, 0.3) is 10.9 Å². The van der Waals surface area contributed by atoms with E-state index in [4.69, 9.17) is 4.74 Å². The Balaban J connectivity index is 1.55. The third-order valence-electron chi connectivity index (χ3n) is 4.79. The summed E-state index contributed by atoms with van der Waals surface area (Å²) in [5, 5.41) is 5.14. The van der Waals surface area contributed by atoms with Crippen molar-refractivity contribution in [1.82, 2.24) is 9.99 Å². The van der Waals surface area contributed by atoms with Crippen LogP contribution in [0.15, 0.2) is 84.1 Å². The molecule has 4 rings (SSSR count). The lowest BCUT2D eigenvalue weighted by atomic mass is 10.2. The van der Waals surface area contributed by atoms with Gasteiger partial charge in [-0.15, -0.1) is 0 Å². The summed E-state index contributed by atoms with van der Waals surface area (Å²) in [5.41, 5.74) is 5.91. The molecule has 1 aromatic heterocycles. The standard InChI is InChI=1S/C24H20FN3O2/c1-30-21-6-4-5-18(13-21)24(29)27-26-14-19-16-28(23-8-3-2-7-22(19)23)15-17-9-11-20(25)12-10-17/h2-14,16H,15H2,1H3,(H,27,29). The first-order valence-corrected chi connectivity index (χ1v) is 9.44. The molecule has 6 heteroatoms. The lowest BCUT2D eigenvalue weighted by Crippen LogP contribution is -2.17. The molecule has 0 atom stereocenters. The lowest BCUT2D eigenvalue weighted by molar-refractivity contribution is 0.0955. The van der Waals surface area contributed by atoms with Crippen LogP contribution in [-0.2, 0) is 6.54 Å². The van der Waals surface area contributed by atoms with Gasteiger partial charge in [0.1, 0.15) is 11.6 Å². The van der Waals surface area contributed by atoms with Crippen LogP contribution in [0.3, 0.4) is 0 Å². The Morgan fingerprint density at radius 3 is 2.70 bits per heavy atom. The molecule has 5 nitrogen and oxygen atoms in total. The number of methoxy groups -OCH3 is 1. The second-order valence-electron chi connectivity index (χ2n) is 6.79. The monoisotopic (exact) mass is 401 g/mol. The Kier molecular flexibility index (Phi) is 5.57. The van der Waals surface area contributed by atoms with Crippen LogP contribution in [0.1, 0.15) is 21.5 Å². The van der Waals surface area contributed by atoms with Crippen LogP contribution in [0, 0.1) is 5.82 Å². The van der Waals surface area contributed by atoms with Crippen LogP contribution in [-0.4, -0.2) is 23.8 Å². The molecule has 30 heavy (non-hydrogen) atoms. The molecular weight excluding hydrogens is 381 g/mol. The van der Waals surface area contributed by atoms with Crippen LogP contribution < -0.4 is 10.2 Å². The molecule has 1 heterocycles. The average molecular weight is 401 g/mol. The number of hydrogen-bond donors (Lipinski definition) is 1. The van der Waals surface area contributed by atoms with E-state index in [9.17, 15) is 9.18 Å².